The first kappa shape index (κ1) is 36.6. The summed E-state index contributed by atoms with van der Waals surface area (Å²) in [6.07, 6.45) is 1.11. The van der Waals surface area contributed by atoms with E-state index in [0.29, 0.717) is 25.7 Å². The Hall–Kier alpha value is -2.88. The highest BCUT2D eigenvalue weighted by molar-refractivity contribution is 6.74. The van der Waals surface area contributed by atoms with E-state index in [-0.39, 0.29) is 28.7 Å². The van der Waals surface area contributed by atoms with Crippen molar-refractivity contribution in [1.82, 2.24) is 10.6 Å². The van der Waals surface area contributed by atoms with E-state index < -0.39 is 44.2 Å². The number of aromatic hydroxyl groups is 1. The molecule has 6 atom stereocenters. The van der Waals surface area contributed by atoms with Gasteiger partial charge >= 0.3 is 6.09 Å². The molecule has 3 rings (SSSR count). The van der Waals surface area contributed by atoms with Crippen molar-refractivity contribution < 1.29 is 29.0 Å². The molecule has 0 aliphatic heterocycles. The molecule has 1 fully saturated rings. The molecule has 1 saturated carbocycles. The normalized spacial score (nSPS) is 21.1. The Morgan fingerprint density at radius 3 is 2.07 bits per heavy atom. The van der Waals surface area contributed by atoms with Crippen molar-refractivity contribution in [1.29, 1.82) is 0 Å². The maximum absolute atomic E-state index is 14.1. The van der Waals surface area contributed by atoms with Gasteiger partial charge < -0.3 is 30.0 Å². The van der Waals surface area contributed by atoms with Crippen LogP contribution in [0.3, 0.4) is 0 Å². The van der Waals surface area contributed by atoms with E-state index in [2.05, 4.69) is 51.4 Å². The zero-order chi connectivity index (χ0) is 33.6. The number of alkyl carbamates (subject to hydrolysis) is 1. The Bertz CT molecular complexity index is 1230. The van der Waals surface area contributed by atoms with Gasteiger partial charge in [-0.2, -0.15) is 0 Å². The molecule has 0 bridgehead atoms. The fourth-order valence-electron chi connectivity index (χ4n) is 5.62. The Morgan fingerprint density at radius 1 is 0.933 bits per heavy atom. The standard InChI is InChI=1S/C36H56N2O6Si/c1-24-15-20-30(40)32(24)38-33(41)27(21-26-16-18-28(39)19-17-26)23-31(44-45(8,9)36(5,6)7)29(22-25-13-11-10-12-14-25)37-34(42)43-35(2,3)4/h10-14,16-19,24,27,29-32,39-40H,15,20-23H2,1-9H3,(H,37,42)(H,38,41). The third kappa shape index (κ3) is 11.1. The van der Waals surface area contributed by atoms with Crippen molar-refractivity contribution in [3.8, 4) is 5.75 Å². The van der Waals surface area contributed by atoms with E-state index in [4.69, 9.17) is 9.16 Å². The second-order valence-electron chi connectivity index (χ2n) is 15.3. The van der Waals surface area contributed by atoms with Gasteiger partial charge in [-0.05, 0) is 100 Å². The van der Waals surface area contributed by atoms with Gasteiger partial charge in [0.25, 0.3) is 0 Å². The molecular formula is C36H56N2O6Si. The zero-order valence-electron chi connectivity index (χ0n) is 28.7. The first-order valence-corrected chi connectivity index (χ1v) is 19.2. The average molecular weight is 641 g/mol. The number of hydrogen-bond donors (Lipinski definition) is 4. The van der Waals surface area contributed by atoms with Crippen LogP contribution in [0.25, 0.3) is 0 Å². The minimum Gasteiger partial charge on any atom is -0.508 e. The van der Waals surface area contributed by atoms with Gasteiger partial charge in [-0.1, -0.05) is 70.2 Å². The summed E-state index contributed by atoms with van der Waals surface area (Å²) in [5.41, 5.74) is 1.25. The lowest BCUT2D eigenvalue weighted by Crippen LogP contribution is -2.55. The van der Waals surface area contributed by atoms with Crippen molar-refractivity contribution in [2.45, 2.75) is 129 Å². The molecule has 45 heavy (non-hydrogen) atoms. The lowest BCUT2D eigenvalue weighted by atomic mass is 9.88. The summed E-state index contributed by atoms with van der Waals surface area (Å²) in [6, 6.07) is 16.0. The molecule has 250 valence electrons. The Labute approximate surface area is 271 Å². The van der Waals surface area contributed by atoms with Crippen LogP contribution >= 0.6 is 0 Å². The zero-order valence-corrected chi connectivity index (χ0v) is 29.7. The monoisotopic (exact) mass is 640 g/mol. The summed E-state index contributed by atoms with van der Waals surface area (Å²) >= 11 is 0. The molecule has 2 amide bonds. The van der Waals surface area contributed by atoms with E-state index in [9.17, 15) is 19.8 Å². The van der Waals surface area contributed by atoms with Gasteiger partial charge in [0.05, 0.1) is 24.3 Å². The van der Waals surface area contributed by atoms with Gasteiger partial charge in [-0.25, -0.2) is 4.79 Å². The van der Waals surface area contributed by atoms with Crippen LogP contribution < -0.4 is 10.6 Å². The van der Waals surface area contributed by atoms with E-state index in [1.807, 2.05) is 63.2 Å². The number of nitrogens with one attached hydrogen (secondary N) is 2. The molecule has 0 aromatic heterocycles. The Balaban J connectivity index is 2.04. The third-order valence-corrected chi connectivity index (χ3v) is 13.8. The summed E-state index contributed by atoms with van der Waals surface area (Å²) in [7, 11) is -2.40. The highest BCUT2D eigenvalue weighted by Crippen LogP contribution is 2.39. The van der Waals surface area contributed by atoms with Crippen molar-refractivity contribution in [2.24, 2.45) is 11.8 Å². The maximum Gasteiger partial charge on any atom is 0.407 e. The van der Waals surface area contributed by atoms with Crippen LogP contribution in [0.1, 0.15) is 78.9 Å². The summed E-state index contributed by atoms with van der Waals surface area (Å²) < 4.78 is 12.8. The van der Waals surface area contributed by atoms with Crippen LogP contribution in [0, 0.1) is 11.8 Å². The molecule has 0 heterocycles. The Morgan fingerprint density at radius 2 is 1.53 bits per heavy atom. The SMILES string of the molecule is CC1CCC(O)C1NC(=O)C(Cc1ccc(O)cc1)CC(O[Si](C)(C)C(C)(C)C)C(Cc1ccccc1)NC(=O)OC(C)(C)C. The minimum absolute atomic E-state index is 0.118. The Kier molecular flexibility index (Phi) is 12.3. The summed E-state index contributed by atoms with van der Waals surface area (Å²) in [5.74, 6) is -0.355. The van der Waals surface area contributed by atoms with E-state index >= 15 is 0 Å². The molecule has 0 saturated heterocycles. The number of ether oxygens (including phenoxy) is 1. The van der Waals surface area contributed by atoms with Gasteiger partial charge in [0.2, 0.25) is 5.91 Å². The number of amides is 2. The number of benzene rings is 2. The number of rotatable bonds is 12. The van der Waals surface area contributed by atoms with Crippen molar-refractivity contribution in [3.05, 3.63) is 65.7 Å². The number of hydrogen-bond acceptors (Lipinski definition) is 6. The molecule has 9 heteroatoms. The van der Waals surface area contributed by atoms with Gasteiger partial charge in [0, 0.05) is 5.92 Å². The first-order chi connectivity index (χ1) is 20.8. The van der Waals surface area contributed by atoms with E-state index in [1.54, 1.807) is 12.1 Å². The quantitative estimate of drug-likeness (QED) is 0.191. The fraction of sp³-hybridized carbons (Fsp3) is 0.611. The van der Waals surface area contributed by atoms with Crippen LogP contribution in [0.5, 0.6) is 5.75 Å². The predicted octanol–water partition coefficient (Wildman–Crippen LogP) is 6.74. The molecule has 0 radical (unpaired) electrons. The average Bonchev–Trinajstić information content (AvgIpc) is 3.24. The molecule has 8 nitrogen and oxygen atoms in total. The van der Waals surface area contributed by atoms with Gasteiger partial charge in [0.15, 0.2) is 8.32 Å². The predicted molar refractivity (Wildman–Crippen MR) is 182 cm³/mol. The highest BCUT2D eigenvalue weighted by Gasteiger charge is 2.43. The van der Waals surface area contributed by atoms with Gasteiger partial charge in [0.1, 0.15) is 11.4 Å². The van der Waals surface area contributed by atoms with Crippen LogP contribution in [0.4, 0.5) is 4.79 Å². The largest absolute Gasteiger partial charge is 0.508 e. The van der Waals surface area contributed by atoms with Gasteiger partial charge in [-0.15, -0.1) is 0 Å². The van der Waals surface area contributed by atoms with E-state index in [0.717, 1.165) is 17.5 Å². The smallest absolute Gasteiger partial charge is 0.407 e. The lowest BCUT2D eigenvalue weighted by Gasteiger charge is -2.42. The third-order valence-electron chi connectivity index (χ3n) is 9.26. The maximum atomic E-state index is 14.1. The van der Waals surface area contributed by atoms with Crippen LogP contribution in [-0.2, 0) is 26.8 Å². The van der Waals surface area contributed by atoms with Gasteiger partial charge in [-0.3, -0.25) is 4.79 Å². The van der Waals surface area contributed by atoms with E-state index in [1.165, 1.54) is 0 Å². The number of aliphatic hydroxyl groups is 1. The first-order valence-electron chi connectivity index (χ1n) is 16.3. The molecule has 2 aromatic rings. The molecule has 0 spiro atoms. The molecule has 4 N–H and O–H groups in total. The van der Waals surface area contributed by atoms with Crippen LogP contribution in [0.15, 0.2) is 54.6 Å². The summed E-state index contributed by atoms with van der Waals surface area (Å²) in [5, 5.41) is 26.7. The molecule has 2 aromatic carbocycles. The molecule has 1 aliphatic rings. The second-order valence-corrected chi connectivity index (χ2v) is 20.1. The van der Waals surface area contributed by atoms with Crippen molar-refractivity contribution in [3.63, 3.8) is 0 Å². The lowest BCUT2D eigenvalue weighted by molar-refractivity contribution is -0.127. The molecule has 6 unspecified atom stereocenters. The van der Waals surface area contributed by atoms with Crippen LogP contribution in [0.2, 0.25) is 18.1 Å². The van der Waals surface area contributed by atoms with Crippen molar-refractivity contribution in [2.75, 3.05) is 0 Å². The van der Waals surface area contributed by atoms with Crippen LogP contribution in [-0.4, -0.2) is 60.4 Å². The fourth-order valence-corrected chi connectivity index (χ4v) is 7.00. The second kappa shape index (κ2) is 15.1. The summed E-state index contributed by atoms with van der Waals surface area (Å²) in [4.78, 5) is 27.4. The number of carbonyl (C=O) groups is 2. The number of phenols is 1. The topological polar surface area (TPSA) is 117 Å². The number of aliphatic hydroxyl groups excluding tert-OH is 1. The minimum atomic E-state index is -2.40. The highest BCUT2D eigenvalue weighted by atomic mass is 28.4. The summed E-state index contributed by atoms with van der Waals surface area (Å²) in [6.45, 7) is 18.4. The molecular weight excluding hydrogens is 584 g/mol. The number of carbonyl (C=O) groups excluding carboxylic acids is 2. The number of phenolic OH excluding ortho intramolecular Hbond substituents is 1. The molecule has 1 aliphatic carbocycles. The van der Waals surface area contributed by atoms with Crippen molar-refractivity contribution >= 4 is 20.3 Å².